The van der Waals surface area contributed by atoms with E-state index >= 15 is 0 Å². The quantitative estimate of drug-likeness (QED) is 0.647. The number of benzene rings is 1. The van der Waals surface area contributed by atoms with E-state index in [-0.39, 0.29) is 29.1 Å². The highest BCUT2D eigenvalue weighted by atomic mass is 19.1. The highest BCUT2D eigenvalue weighted by Gasteiger charge is 2.26. The van der Waals surface area contributed by atoms with Crippen molar-refractivity contribution in [3.05, 3.63) is 63.7 Å². The number of nitrogens with zero attached hydrogens (tertiary/aromatic N) is 2. The van der Waals surface area contributed by atoms with Crippen molar-refractivity contribution < 1.29 is 14.0 Å². The molecular weight excluding hydrogens is 387 g/mol. The van der Waals surface area contributed by atoms with Crippen LogP contribution in [0.5, 0.6) is 0 Å². The Balaban J connectivity index is 1.70. The molecule has 1 aliphatic heterocycles. The highest BCUT2D eigenvalue weighted by Crippen LogP contribution is 2.27. The first kappa shape index (κ1) is 19.8. The van der Waals surface area contributed by atoms with Crippen LogP contribution in [0.3, 0.4) is 0 Å². The molecule has 1 saturated heterocycles. The Hall–Kier alpha value is -3.55. The zero-order valence-corrected chi connectivity index (χ0v) is 16.7. The molecule has 2 aromatic heterocycles. The number of aromatic amines is 1. The van der Waals surface area contributed by atoms with Gasteiger partial charge in [-0.15, -0.1) is 0 Å². The first-order chi connectivity index (χ1) is 14.3. The fourth-order valence-corrected chi connectivity index (χ4v) is 3.71. The first-order valence-electron chi connectivity index (χ1n) is 9.67. The summed E-state index contributed by atoms with van der Waals surface area (Å²) in [6, 6.07) is 8.13. The lowest BCUT2D eigenvalue weighted by Gasteiger charge is -2.21. The summed E-state index contributed by atoms with van der Waals surface area (Å²) in [4.78, 5) is 45.2. The van der Waals surface area contributed by atoms with E-state index in [0.717, 1.165) is 10.9 Å². The highest BCUT2D eigenvalue weighted by molar-refractivity contribution is 6.10. The molecule has 2 N–H and O–H groups in total. The second kappa shape index (κ2) is 7.70. The fourth-order valence-electron chi connectivity index (χ4n) is 3.71. The largest absolute Gasteiger partial charge is 0.367 e. The number of halogens is 1. The van der Waals surface area contributed by atoms with Crippen LogP contribution in [0.2, 0.25) is 0 Å². The van der Waals surface area contributed by atoms with Crippen LogP contribution in [0, 0.1) is 6.92 Å². The molecule has 8 heteroatoms. The number of anilines is 2. The number of pyridine rings is 2. The Bertz CT molecular complexity index is 1220. The van der Waals surface area contributed by atoms with E-state index in [9.17, 15) is 18.8 Å². The lowest BCUT2D eigenvalue weighted by Crippen LogP contribution is -2.25. The number of H-pyrrole nitrogens is 1. The average Bonchev–Trinajstić information content (AvgIpc) is 3.14. The molecule has 1 fully saturated rings. The van der Waals surface area contributed by atoms with Crippen molar-refractivity contribution in [2.24, 2.45) is 0 Å². The van der Waals surface area contributed by atoms with Crippen LogP contribution in [0.4, 0.5) is 15.8 Å². The standard InChI is InChI=1S/C22H21FN4O3/c1-12-7-21(29)26-18-4-3-15(8-16(12)18)25-22(30)17-9-19(13(2)28)24-10-20(17)27-6-5-14(23)11-27/h3-4,7-10,14H,5-6,11H2,1-2H3,(H,25,30)(H,26,29). The van der Waals surface area contributed by atoms with Crippen LogP contribution >= 0.6 is 0 Å². The van der Waals surface area contributed by atoms with Crippen molar-refractivity contribution in [1.29, 1.82) is 0 Å². The lowest BCUT2D eigenvalue weighted by atomic mass is 10.1. The maximum absolute atomic E-state index is 13.7. The van der Waals surface area contributed by atoms with Gasteiger partial charge in [-0.2, -0.15) is 0 Å². The minimum atomic E-state index is -0.959. The Kier molecular flexibility index (Phi) is 5.07. The van der Waals surface area contributed by atoms with Gasteiger partial charge < -0.3 is 15.2 Å². The SMILES string of the molecule is CC(=O)c1cc(C(=O)Nc2ccc3[nH]c(=O)cc(C)c3c2)c(N2CCC(F)C2)cn1. The summed E-state index contributed by atoms with van der Waals surface area (Å²) in [5.41, 5.74) is 2.76. The van der Waals surface area contributed by atoms with Gasteiger partial charge in [0.1, 0.15) is 11.9 Å². The van der Waals surface area contributed by atoms with Gasteiger partial charge in [-0.05, 0) is 43.2 Å². The third kappa shape index (κ3) is 3.80. The number of amides is 1. The van der Waals surface area contributed by atoms with Gasteiger partial charge in [0.15, 0.2) is 5.78 Å². The third-order valence-electron chi connectivity index (χ3n) is 5.27. The number of Topliss-reactive ketones (excluding diaryl/α,β-unsaturated/α-hetero) is 1. The number of hydrogen-bond donors (Lipinski definition) is 2. The van der Waals surface area contributed by atoms with E-state index in [2.05, 4.69) is 15.3 Å². The van der Waals surface area contributed by atoms with E-state index in [1.54, 1.807) is 23.1 Å². The van der Waals surface area contributed by atoms with Gasteiger partial charge >= 0.3 is 0 Å². The summed E-state index contributed by atoms with van der Waals surface area (Å²) in [6.45, 7) is 3.86. The Labute approximate surface area is 171 Å². The average molecular weight is 408 g/mol. The summed E-state index contributed by atoms with van der Waals surface area (Å²) < 4.78 is 13.7. The molecule has 3 heterocycles. The number of carbonyl (C=O) groups is 2. The Morgan fingerprint density at radius 2 is 2.07 bits per heavy atom. The van der Waals surface area contributed by atoms with Gasteiger partial charge in [0.25, 0.3) is 5.91 Å². The van der Waals surface area contributed by atoms with Crippen molar-refractivity contribution in [2.75, 3.05) is 23.3 Å². The second-order valence-electron chi connectivity index (χ2n) is 7.51. The van der Waals surface area contributed by atoms with Crippen molar-refractivity contribution in [1.82, 2.24) is 9.97 Å². The summed E-state index contributed by atoms with van der Waals surface area (Å²) >= 11 is 0. The van der Waals surface area contributed by atoms with Crippen molar-refractivity contribution >= 4 is 34.0 Å². The van der Waals surface area contributed by atoms with E-state index in [1.807, 2.05) is 6.92 Å². The van der Waals surface area contributed by atoms with Crippen LogP contribution < -0.4 is 15.8 Å². The van der Waals surface area contributed by atoms with Gasteiger partial charge in [0.05, 0.1) is 17.4 Å². The first-order valence-corrected chi connectivity index (χ1v) is 9.67. The number of hydrogen-bond acceptors (Lipinski definition) is 5. The summed E-state index contributed by atoms with van der Waals surface area (Å²) in [7, 11) is 0. The minimum Gasteiger partial charge on any atom is -0.367 e. The van der Waals surface area contributed by atoms with Crippen LogP contribution in [0.1, 0.15) is 39.8 Å². The molecule has 0 saturated carbocycles. The molecule has 3 aromatic rings. The van der Waals surface area contributed by atoms with Gasteiger partial charge in [-0.1, -0.05) is 0 Å². The molecule has 1 aromatic carbocycles. The number of aryl methyl sites for hydroxylation is 1. The smallest absolute Gasteiger partial charge is 0.257 e. The second-order valence-corrected chi connectivity index (χ2v) is 7.51. The van der Waals surface area contributed by atoms with Gasteiger partial charge in [0.2, 0.25) is 5.56 Å². The predicted molar refractivity (Wildman–Crippen MR) is 113 cm³/mol. The maximum Gasteiger partial charge on any atom is 0.257 e. The molecule has 7 nitrogen and oxygen atoms in total. The number of ketones is 1. The number of rotatable bonds is 4. The number of aromatic nitrogens is 2. The monoisotopic (exact) mass is 408 g/mol. The molecule has 1 unspecified atom stereocenters. The molecule has 30 heavy (non-hydrogen) atoms. The molecule has 0 spiro atoms. The molecule has 1 atom stereocenters. The summed E-state index contributed by atoms with van der Waals surface area (Å²) in [5.74, 6) is -0.677. The zero-order valence-electron chi connectivity index (χ0n) is 16.7. The van der Waals surface area contributed by atoms with Crippen LogP contribution in [0.15, 0.2) is 41.3 Å². The fraction of sp³-hybridized carbons (Fsp3) is 0.273. The van der Waals surface area contributed by atoms with E-state index in [0.29, 0.717) is 29.9 Å². The molecular formula is C22H21FN4O3. The van der Waals surface area contributed by atoms with Crippen molar-refractivity contribution in [3.8, 4) is 0 Å². The number of carbonyl (C=O) groups excluding carboxylic acids is 2. The Morgan fingerprint density at radius 3 is 2.77 bits per heavy atom. The molecule has 4 rings (SSSR count). The normalized spacial score (nSPS) is 16.1. The number of nitrogens with one attached hydrogen (secondary N) is 2. The molecule has 1 amide bonds. The summed E-state index contributed by atoms with van der Waals surface area (Å²) in [6.07, 6.45) is 0.885. The van der Waals surface area contributed by atoms with Crippen molar-refractivity contribution in [2.45, 2.75) is 26.4 Å². The Morgan fingerprint density at radius 1 is 1.27 bits per heavy atom. The molecule has 154 valence electrons. The van der Waals surface area contributed by atoms with Crippen LogP contribution in [-0.4, -0.2) is 40.9 Å². The minimum absolute atomic E-state index is 0.173. The number of alkyl halides is 1. The van der Waals surface area contributed by atoms with Crippen LogP contribution in [0.25, 0.3) is 10.9 Å². The van der Waals surface area contributed by atoms with Crippen LogP contribution in [-0.2, 0) is 0 Å². The zero-order chi connectivity index (χ0) is 21.4. The van der Waals surface area contributed by atoms with Gasteiger partial charge in [-0.3, -0.25) is 19.4 Å². The van der Waals surface area contributed by atoms with E-state index in [4.69, 9.17) is 0 Å². The topological polar surface area (TPSA) is 95.2 Å². The maximum atomic E-state index is 13.7. The summed E-state index contributed by atoms with van der Waals surface area (Å²) in [5, 5.41) is 3.65. The van der Waals surface area contributed by atoms with Gasteiger partial charge in [0, 0.05) is 42.7 Å². The molecule has 1 aliphatic rings. The third-order valence-corrected chi connectivity index (χ3v) is 5.27. The number of fused-ring (bicyclic) bond motifs is 1. The molecule has 0 bridgehead atoms. The van der Waals surface area contributed by atoms with E-state index in [1.165, 1.54) is 25.3 Å². The van der Waals surface area contributed by atoms with E-state index < -0.39 is 12.1 Å². The molecule has 0 aliphatic carbocycles. The van der Waals surface area contributed by atoms with Gasteiger partial charge in [-0.25, -0.2) is 4.39 Å². The predicted octanol–water partition coefficient (Wildman–Crippen LogP) is 3.23. The lowest BCUT2D eigenvalue weighted by molar-refractivity contribution is 0.101. The molecule has 0 radical (unpaired) electrons. The van der Waals surface area contributed by atoms with Crippen molar-refractivity contribution in [3.63, 3.8) is 0 Å².